The Morgan fingerprint density at radius 3 is 0.816 bits per heavy atom. The largest absolute Gasteiger partial charge is 0.756 e. The van der Waals surface area contributed by atoms with Gasteiger partial charge in [-0.25, -0.2) is 0 Å². The monoisotopic (exact) mass is 1370 g/mol. The maximum absolute atomic E-state index is 12.9. The van der Waals surface area contributed by atoms with Crippen LogP contribution in [-0.2, 0) is 32.7 Å². The van der Waals surface area contributed by atoms with Gasteiger partial charge in [0.25, 0.3) is 7.82 Å². The summed E-state index contributed by atoms with van der Waals surface area (Å²) in [5.74, 6) is -0.861. The lowest BCUT2D eigenvalue weighted by atomic mass is 10.1. The molecule has 9 nitrogen and oxygen atoms in total. The number of esters is 2. The zero-order chi connectivity index (χ0) is 71.1. The second-order valence-corrected chi connectivity index (χ2v) is 27.3. The first-order valence-corrected chi connectivity index (χ1v) is 39.9. The van der Waals surface area contributed by atoms with Crippen LogP contribution in [0.5, 0.6) is 0 Å². The van der Waals surface area contributed by atoms with E-state index in [1.54, 1.807) is 0 Å². The molecule has 2 unspecified atom stereocenters. The number of hydrogen-bond acceptors (Lipinski definition) is 8. The number of phosphoric acid groups is 1. The van der Waals surface area contributed by atoms with Crippen molar-refractivity contribution in [3.05, 3.63) is 219 Å². The van der Waals surface area contributed by atoms with Crippen molar-refractivity contribution in [2.24, 2.45) is 0 Å². The van der Waals surface area contributed by atoms with E-state index in [0.717, 1.165) is 167 Å². The number of hydrogen-bond donors (Lipinski definition) is 0. The summed E-state index contributed by atoms with van der Waals surface area (Å²) in [5.41, 5.74) is 0. The zero-order valence-corrected chi connectivity index (χ0v) is 63.5. The number of allylic oxidation sites excluding steroid dienone is 36. The lowest BCUT2D eigenvalue weighted by molar-refractivity contribution is -0.870. The van der Waals surface area contributed by atoms with E-state index >= 15 is 0 Å². The molecule has 0 heterocycles. The highest BCUT2D eigenvalue weighted by molar-refractivity contribution is 7.45. The van der Waals surface area contributed by atoms with Crippen LogP contribution in [-0.4, -0.2) is 70.0 Å². The van der Waals surface area contributed by atoms with Crippen molar-refractivity contribution in [2.45, 2.75) is 277 Å². The fourth-order valence-electron chi connectivity index (χ4n) is 9.70. The Kier molecular flexibility index (Phi) is 71.2. The highest BCUT2D eigenvalue weighted by Gasteiger charge is 2.22. The molecule has 550 valence electrons. The lowest BCUT2D eigenvalue weighted by Gasteiger charge is -2.28. The van der Waals surface area contributed by atoms with Crippen molar-refractivity contribution in [1.82, 2.24) is 0 Å². The first kappa shape index (κ1) is 92.3. The van der Waals surface area contributed by atoms with Gasteiger partial charge in [-0.1, -0.05) is 322 Å². The summed E-state index contributed by atoms with van der Waals surface area (Å²) in [6.07, 6.45) is 120. The standard InChI is InChI=1S/C88H140NO8P/c1-6-8-10-12-14-16-18-20-22-24-26-28-30-32-34-36-38-40-42-43-44-45-47-49-51-53-55-57-59-61-63-65-67-69-71-73-75-77-79-81-88(91)97-86(85-96-98(92,93)95-83-82-89(3,4)5)84-94-87(90)80-78-76-74-72-70-68-66-64-62-60-58-56-54-52-50-48-46-41-39-37-35-33-31-29-27-25-23-21-19-17-15-13-11-9-7-2/h8-11,14-17,20-23,26-29,32-35,38-41,43-44,47-50,53-56,59,61,86H,6-7,12-13,18-19,24-25,30-31,36-37,42,45-46,51-52,57-58,60,62-85H2,1-5H3/b10-8-,11-9-,16-14-,17-15-,22-20-,23-21-,28-26-,29-27-,34-32-,35-33-,40-38-,41-39-,44-43-,49-47-,50-48-,55-53-,56-54-,61-59-. The van der Waals surface area contributed by atoms with Gasteiger partial charge in [0.1, 0.15) is 19.8 Å². The molecule has 0 aliphatic heterocycles. The van der Waals surface area contributed by atoms with Crippen LogP contribution in [0.3, 0.4) is 0 Å². The van der Waals surface area contributed by atoms with Crippen molar-refractivity contribution >= 4 is 19.8 Å². The number of quaternary nitrogens is 1. The van der Waals surface area contributed by atoms with Crippen LogP contribution in [0.2, 0.25) is 0 Å². The van der Waals surface area contributed by atoms with E-state index in [4.69, 9.17) is 18.5 Å². The number of nitrogens with zero attached hydrogens (tertiary/aromatic N) is 1. The number of phosphoric ester groups is 1. The molecule has 0 aliphatic carbocycles. The SMILES string of the molecule is CC/C=C\C/C=C\C/C=C\C/C=C\C/C=C\C/C=C\C/C=C\C/C=C\C/C=C\C/C=C\CCCCCCCCCCC(=O)OC(COC(=O)CCCCCCCCCCCC/C=C\C/C=C\C/C=C\C/C=C\C/C=C\C/C=C\C/C=C\C/C=C\CC)COP(=O)([O-])OCC[N+](C)(C)C. The first-order valence-electron chi connectivity index (χ1n) is 38.4. The van der Waals surface area contributed by atoms with E-state index in [1.807, 2.05) is 21.1 Å². The predicted octanol–water partition coefficient (Wildman–Crippen LogP) is 25.3. The van der Waals surface area contributed by atoms with Gasteiger partial charge >= 0.3 is 11.9 Å². The molecule has 0 aliphatic rings. The van der Waals surface area contributed by atoms with Crippen molar-refractivity contribution in [2.75, 3.05) is 47.5 Å². The van der Waals surface area contributed by atoms with E-state index in [0.29, 0.717) is 23.9 Å². The normalized spacial score (nSPS) is 14.3. The number of unbranched alkanes of at least 4 members (excludes halogenated alkanes) is 18. The molecule has 0 saturated heterocycles. The number of carbonyl (C=O) groups excluding carboxylic acids is 2. The molecule has 2 atom stereocenters. The molecule has 0 N–H and O–H groups in total. The van der Waals surface area contributed by atoms with Crippen LogP contribution in [0.1, 0.15) is 271 Å². The van der Waals surface area contributed by atoms with Gasteiger partial charge in [0.2, 0.25) is 0 Å². The van der Waals surface area contributed by atoms with Crippen molar-refractivity contribution in [3.8, 4) is 0 Å². The fraction of sp³-hybridized carbons (Fsp3) is 0.568. The summed E-state index contributed by atoms with van der Waals surface area (Å²) in [7, 11) is 1.13. The van der Waals surface area contributed by atoms with E-state index in [1.165, 1.54) is 64.2 Å². The Hall–Kier alpha value is -5.67. The van der Waals surface area contributed by atoms with E-state index in [-0.39, 0.29) is 26.1 Å². The maximum Gasteiger partial charge on any atom is 0.306 e. The van der Waals surface area contributed by atoms with Crippen molar-refractivity contribution in [3.63, 3.8) is 0 Å². The molecule has 0 aromatic carbocycles. The number of ether oxygens (including phenoxy) is 2. The number of likely N-dealkylation sites (N-methyl/N-ethyl adjacent to an activating group) is 1. The first-order chi connectivity index (χ1) is 48.0. The third kappa shape index (κ3) is 79.3. The average molecular weight is 1370 g/mol. The van der Waals surface area contributed by atoms with Crippen LogP contribution in [0, 0.1) is 0 Å². The summed E-state index contributed by atoms with van der Waals surface area (Å²) in [6.45, 7) is 3.98. The van der Waals surface area contributed by atoms with E-state index in [9.17, 15) is 19.0 Å². The molecule has 0 aromatic rings. The fourth-order valence-corrected chi connectivity index (χ4v) is 10.4. The van der Waals surface area contributed by atoms with Gasteiger partial charge in [-0.2, -0.15) is 0 Å². The summed E-state index contributed by atoms with van der Waals surface area (Å²) >= 11 is 0. The van der Waals surface area contributed by atoms with Gasteiger partial charge in [0.15, 0.2) is 6.10 Å². The van der Waals surface area contributed by atoms with Crippen LogP contribution in [0.15, 0.2) is 219 Å². The third-order valence-electron chi connectivity index (χ3n) is 15.5. The molecule has 0 amide bonds. The molecular weight excluding hydrogens is 1230 g/mol. The minimum Gasteiger partial charge on any atom is -0.756 e. The van der Waals surface area contributed by atoms with E-state index < -0.39 is 32.5 Å². The summed E-state index contributed by atoms with van der Waals surface area (Å²) in [4.78, 5) is 38.2. The van der Waals surface area contributed by atoms with Crippen LogP contribution < -0.4 is 4.89 Å². The minimum absolute atomic E-state index is 0.0445. The quantitative estimate of drug-likeness (QED) is 0.0195. The smallest absolute Gasteiger partial charge is 0.306 e. The summed E-state index contributed by atoms with van der Waals surface area (Å²) < 4.78 is 34.4. The molecule has 0 fully saturated rings. The Balaban J connectivity index is 4.13. The second kappa shape index (κ2) is 75.5. The highest BCUT2D eigenvalue weighted by atomic mass is 31.2. The predicted molar refractivity (Wildman–Crippen MR) is 424 cm³/mol. The molecule has 0 rings (SSSR count). The summed E-state index contributed by atoms with van der Waals surface area (Å²) in [6, 6.07) is 0. The Morgan fingerprint density at radius 2 is 0.551 bits per heavy atom. The molecular formula is C88H140NO8P. The van der Waals surface area contributed by atoms with Crippen molar-refractivity contribution in [1.29, 1.82) is 0 Å². The molecule has 0 bridgehead atoms. The van der Waals surface area contributed by atoms with E-state index in [2.05, 4.69) is 233 Å². The van der Waals surface area contributed by atoms with Crippen LogP contribution in [0.4, 0.5) is 0 Å². The van der Waals surface area contributed by atoms with Gasteiger partial charge in [-0.3, -0.25) is 14.2 Å². The Bertz CT molecular complexity index is 2460. The summed E-state index contributed by atoms with van der Waals surface area (Å²) in [5, 5.41) is 0. The van der Waals surface area contributed by atoms with Crippen molar-refractivity contribution < 1.29 is 42.1 Å². The third-order valence-corrected chi connectivity index (χ3v) is 16.5. The average Bonchev–Trinajstić information content (AvgIpc) is 1.23. The van der Waals surface area contributed by atoms with Gasteiger partial charge < -0.3 is 27.9 Å². The maximum atomic E-state index is 12.9. The minimum atomic E-state index is -4.66. The van der Waals surface area contributed by atoms with Crippen LogP contribution in [0.25, 0.3) is 0 Å². The highest BCUT2D eigenvalue weighted by Crippen LogP contribution is 2.38. The van der Waals surface area contributed by atoms with Gasteiger partial charge in [-0.15, -0.1) is 0 Å². The van der Waals surface area contributed by atoms with Gasteiger partial charge in [0, 0.05) is 12.8 Å². The Morgan fingerprint density at radius 1 is 0.316 bits per heavy atom. The molecule has 0 spiro atoms. The number of carbonyl (C=O) groups is 2. The molecule has 0 saturated carbocycles. The molecule has 0 radical (unpaired) electrons. The zero-order valence-electron chi connectivity index (χ0n) is 62.6. The number of rotatable bonds is 68. The topological polar surface area (TPSA) is 111 Å². The molecule has 0 aromatic heterocycles. The van der Waals surface area contributed by atoms with Gasteiger partial charge in [-0.05, 0) is 154 Å². The molecule has 98 heavy (non-hydrogen) atoms. The lowest BCUT2D eigenvalue weighted by Crippen LogP contribution is -2.37. The molecule has 10 heteroatoms. The second-order valence-electron chi connectivity index (χ2n) is 25.9. The van der Waals surface area contributed by atoms with Crippen LogP contribution >= 0.6 is 7.82 Å². The van der Waals surface area contributed by atoms with Gasteiger partial charge in [0.05, 0.1) is 27.7 Å². The Labute approximate surface area is 601 Å².